The van der Waals surface area contributed by atoms with Crippen LogP contribution < -0.4 is 4.90 Å². The van der Waals surface area contributed by atoms with E-state index >= 15 is 0 Å². The number of halogens is 1. The van der Waals surface area contributed by atoms with Gasteiger partial charge in [0, 0.05) is 18.3 Å². The average molecular weight is 314 g/mol. The third-order valence-electron chi connectivity index (χ3n) is 3.63. The Bertz CT molecular complexity index is 753. The normalized spacial score (nSPS) is 13.8. The molecule has 1 aliphatic heterocycles. The lowest BCUT2D eigenvalue weighted by Gasteiger charge is -2.24. The maximum absolute atomic E-state index is 13.3. The molecule has 0 unspecified atom stereocenters. The first-order valence-corrected chi connectivity index (χ1v) is 7.58. The summed E-state index contributed by atoms with van der Waals surface area (Å²) in [5.41, 5.74) is 3.00. The number of carbonyl (C=O) groups excluding carboxylic acids is 1. The lowest BCUT2D eigenvalue weighted by molar-refractivity contribution is 0.0584. The number of nitrogens with zero attached hydrogens (tertiary/aromatic N) is 2. The van der Waals surface area contributed by atoms with Gasteiger partial charge in [0.25, 0.3) is 0 Å². The maximum Gasteiger partial charge on any atom is 0.414 e. The van der Waals surface area contributed by atoms with Crippen molar-refractivity contribution in [3.63, 3.8) is 0 Å². The van der Waals surface area contributed by atoms with Crippen molar-refractivity contribution < 1.29 is 13.9 Å². The van der Waals surface area contributed by atoms with Crippen LogP contribution in [0, 0.1) is 5.82 Å². The zero-order valence-corrected chi connectivity index (χ0v) is 13.5. The minimum Gasteiger partial charge on any atom is -0.443 e. The molecule has 3 rings (SSSR count). The van der Waals surface area contributed by atoms with Crippen LogP contribution in [0.4, 0.5) is 14.9 Å². The van der Waals surface area contributed by atoms with Crippen LogP contribution in [0.5, 0.6) is 0 Å². The summed E-state index contributed by atoms with van der Waals surface area (Å²) in [6, 6.07) is 7.19. The Kier molecular flexibility index (Phi) is 3.80. The Balaban J connectivity index is 1.87. The van der Waals surface area contributed by atoms with Crippen LogP contribution in [0.1, 0.15) is 26.3 Å². The number of hydrogen-bond donors (Lipinski definition) is 0. The lowest BCUT2D eigenvalue weighted by Crippen LogP contribution is -2.35. The van der Waals surface area contributed by atoms with Crippen LogP contribution in [-0.4, -0.2) is 23.2 Å². The van der Waals surface area contributed by atoms with Gasteiger partial charge in [0.15, 0.2) is 0 Å². The van der Waals surface area contributed by atoms with Gasteiger partial charge in [-0.25, -0.2) is 9.18 Å². The zero-order valence-electron chi connectivity index (χ0n) is 13.5. The second-order valence-electron chi connectivity index (χ2n) is 6.62. The molecule has 1 aromatic heterocycles. The first kappa shape index (κ1) is 15.5. The molecular weight excluding hydrogens is 295 g/mol. The second-order valence-corrected chi connectivity index (χ2v) is 6.62. The van der Waals surface area contributed by atoms with Gasteiger partial charge in [0.1, 0.15) is 11.4 Å². The summed E-state index contributed by atoms with van der Waals surface area (Å²) in [6.45, 7) is 6.14. The molecular formula is C18H19FN2O2. The Morgan fingerprint density at radius 2 is 2.00 bits per heavy atom. The fraction of sp³-hybridized carbons (Fsp3) is 0.333. The second kappa shape index (κ2) is 5.65. The van der Waals surface area contributed by atoms with Crippen molar-refractivity contribution in [1.82, 2.24) is 4.98 Å². The quantitative estimate of drug-likeness (QED) is 0.793. The molecule has 2 heterocycles. The summed E-state index contributed by atoms with van der Waals surface area (Å²) < 4.78 is 18.8. The van der Waals surface area contributed by atoms with Crippen LogP contribution in [0.3, 0.4) is 0 Å². The molecule has 1 aromatic carbocycles. The Hall–Kier alpha value is -2.43. The fourth-order valence-corrected chi connectivity index (χ4v) is 2.66. The summed E-state index contributed by atoms with van der Waals surface area (Å²) in [7, 11) is 0. The predicted molar refractivity (Wildman–Crippen MR) is 86.9 cm³/mol. The van der Waals surface area contributed by atoms with Crippen LogP contribution >= 0.6 is 0 Å². The fourth-order valence-electron chi connectivity index (χ4n) is 2.66. The van der Waals surface area contributed by atoms with Gasteiger partial charge in [-0.1, -0.05) is 6.07 Å². The van der Waals surface area contributed by atoms with Gasteiger partial charge < -0.3 is 4.74 Å². The van der Waals surface area contributed by atoms with Crippen LogP contribution in [-0.2, 0) is 11.2 Å². The van der Waals surface area contributed by atoms with Crippen molar-refractivity contribution in [2.24, 2.45) is 0 Å². The third-order valence-corrected chi connectivity index (χ3v) is 3.63. The monoisotopic (exact) mass is 314 g/mol. The van der Waals surface area contributed by atoms with Crippen molar-refractivity contribution in [3.05, 3.63) is 48.0 Å². The number of carbonyl (C=O) groups is 1. The van der Waals surface area contributed by atoms with E-state index in [4.69, 9.17) is 4.74 Å². The largest absolute Gasteiger partial charge is 0.443 e. The number of rotatable bonds is 1. The van der Waals surface area contributed by atoms with E-state index in [2.05, 4.69) is 4.98 Å². The van der Waals surface area contributed by atoms with Crippen molar-refractivity contribution >= 4 is 11.8 Å². The minimum absolute atomic E-state index is 0.337. The van der Waals surface area contributed by atoms with Crippen molar-refractivity contribution in [3.8, 4) is 11.1 Å². The van der Waals surface area contributed by atoms with E-state index in [9.17, 15) is 9.18 Å². The molecule has 23 heavy (non-hydrogen) atoms. The summed E-state index contributed by atoms with van der Waals surface area (Å²) in [5.74, 6) is -0.363. The number of fused-ring (bicyclic) bond motifs is 1. The summed E-state index contributed by atoms with van der Waals surface area (Å²) in [4.78, 5) is 17.8. The standard InChI is InChI=1S/C18H19FN2O2/c1-18(2,3)23-17(22)21-7-6-13-8-12(4-5-16(13)21)14-9-15(19)11-20-10-14/h4-5,8-11H,6-7H2,1-3H3. The highest BCUT2D eigenvalue weighted by atomic mass is 19.1. The maximum atomic E-state index is 13.3. The highest BCUT2D eigenvalue weighted by Gasteiger charge is 2.29. The Morgan fingerprint density at radius 3 is 2.70 bits per heavy atom. The van der Waals surface area contributed by atoms with Crippen LogP contribution in [0.25, 0.3) is 11.1 Å². The summed E-state index contributed by atoms with van der Waals surface area (Å²) in [5, 5.41) is 0. The molecule has 1 amide bonds. The van der Waals surface area contributed by atoms with E-state index in [1.54, 1.807) is 11.1 Å². The van der Waals surface area contributed by atoms with Gasteiger partial charge in [-0.15, -0.1) is 0 Å². The lowest BCUT2D eigenvalue weighted by atomic mass is 10.0. The molecule has 5 heteroatoms. The molecule has 0 spiro atoms. The molecule has 0 fully saturated rings. The summed E-state index contributed by atoms with van der Waals surface area (Å²) >= 11 is 0. The number of amides is 1. The number of hydrogen-bond acceptors (Lipinski definition) is 3. The molecule has 4 nitrogen and oxygen atoms in total. The van der Waals surface area contributed by atoms with Gasteiger partial charge in [-0.3, -0.25) is 9.88 Å². The molecule has 0 N–H and O–H groups in total. The molecule has 1 aliphatic rings. The molecule has 2 aromatic rings. The highest BCUT2D eigenvalue weighted by Crippen LogP contribution is 2.33. The van der Waals surface area contributed by atoms with Gasteiger partial charge in [0.05, 0.1) is 11.9 Å². The SMILES string of the molecule is CC(C)(C)OC(=O)N1CCc2cc(-c3cncc(F)c3)ccc21. The number of aromatic nitrogens is 1. The Morgan fingerprint density at radius 1 is 1.22 bits per heavy atom. The molecule has 0 atom stereocenters. The van der Waals surface area contributed by atoms with E-state index < -0.39 is 5.60 Å². The van der Waals surface area contributed by atoms with Crippen molar-refractivity contribution in [1.29, 1.82) is 0 Å². The van der Waals surface area contributed by atoms with E-state index in [1.165, 1.54) is 12.3 Å². The molecule has 0 bridgehead atoms. The van der Waals surface area contributed by atoms with Gasteiger partial charge in [0.2, 0.25) is 0 Å². The highest BCUT2D eigenvalue weighted by molar-refractivity contribution is 5.91. The first-order chi connectivity index (χ1) is 10.8. The predicted octanol–water partition coefficient (Wildman–Crippen LogP) is 4.19. The van der Waals surface area contributed by atoms with Crippen LogP contribution in [0.2, 0.25) is 0 Å². The third kappa shape index (κ3) is 3.33. The number of benzene rings is 1. The zero-order chi connectivity index (χ0) is 16.6. The molecule has 0 saturated heterocycles. The summed E-state index contributed by atoms with van der Waals surface area (Å²) in [6.07, 6.45) is 3.23. The van der Waals surface area contributed by atoms with Crippen molar-refractivity contribution in [2.75, 3.05) is 11.4 Å². The minimum atomic E-state index is -0.521. The number of pyridine rings is 1. The smallest absolute Gasteiger partial charge is 0.414 e. The van der Waals surface area contributed by atoms with E-state index in [0.29, 0.717) is 6.54 Å². The van der Waals surface area contributed by atoms with Crippen molar-refractivity contribution in [2.45, 2.75) is 32.8 Å². The van der Waals surface area contributed by atoms with E-state index in [0.717, 1.165) is 28.8 Å². The molecule has 0 aliphatic carbocycles. The van der Waals surface area contributed by atoms with E-state index in [-0.39, 0.29) is 11.9 Å². The van der Waals surface area contributed by atoms with Gasteiger partial charge in [-0.05, 0) is 56.5 Å². The van der Waals surface area contributed by atoms with Crippen LogP contribution in [0.15, 0.2) is 36.7 Å². The number of anilines is 1. The molecule has 120 valence electrons. The average Bonchev–Trinajstić information content (AvgIpc) is 2.88. The molecule has 0 saturated carbocycles. The van der Waals surface area contributed by atoms with E-state index in [1.807, 2.05) is 39.0 Å². The first-order valence-electron chi connectivity index (χ1n) is 7.58. The van der Waals surface area contributed by atoms with Gasteiger partial charge >= 0.3 is 6.09 Å². The Labute approximate surface area is 134 Å². The number of ether oxygens (including phenoxy) is 1. The topological polar surface area (TPSA) is 42.4 Å². The van der Waals surface area contributed by atoms with Gasteiger partial charge in [-0.2, -0.15) is 0 Å². The molecule has 0 radical (unpaired) electrons.